The molecular weight excluding hydrogens is 359 g/mol. The van der Waals surface area contributed by atoms with Crippen LogP contribution >= 0.6 is 0 Å². The van der Waals surface area contributed by atoms with Crippen molar-refractivity contribution >= 4 is 5.96 Å². The number of guanidine groups is 1. The molecule has 2 heterocycles. The fourth-order valence-electron chi connectivity index (χ4n) is 3.06. The zero-order valence-electron chi connectivity index (χ0n) is 16.2. The Labute approximate surface area is 165 Å². The van der Waals surface area contributed by atoms with Gasteiger partial charge in [0.25, 0.3) is 0 Å². The van der Waals surface area contributed by atoms with E-state index in [9.17, 15) is 4.39 Å². The summed E-state index contributed by atoms with van der Waals surface area (Å²) in [6, 6.07) is 10.6. The van der Waals surface area contributed by atoms with Crippen molar-refractivity contribution in [1.29, 1.82) is 0 Å². The van der Waals surface area contributed by atoms with Crippen molar-refractivity contribution < 1.29 is 13.5 Å². The van der Waals surface area contributed by atoms with E-state index >= 15 is 0 Å². The van der Waals surface area contributed by atoms with Gasteiger partial charge in [0, 0.05) is 38.2 Å². The lowest BCUT2D eigenvalue weighted by Crippen LogP contribution is -2.41. The van der Waals surface area contributed by atoms with Crippen LogP contribution in [0.3, 0.4) is 0 Å². The van der Waals surface area contributed by atoms with Crippen molar-refractivity contribution in [3.8, 4) is 0 Å². The van der Waals surface area contributed by atoms with Crippen LogP contribution in [0.4, 0.5) is 4.39 Å². The first-order valence-electron chi connectivity index (χ1n) is 9.89. The number of hydrogen-bond donors (Lipinski definition) is 2. The highest BCUT2D eigenvalue weighted by atomic mass is 19.1. The van der Waals surface area contributed by atoms with E-state index in [2.05, 4.69) is 20.5 Å². The molecule has 152 valence electrons. The van der Waals surface area contributed by atoms with Crippen LogP contribution in [0.1, 0.15) is 17.7 Å². The molecule has 6 nitrogen and oxygen atoms in total. The van der Waals surface area contributed by atoms with Crippen LogP contribution < -0.4 is 10.6 Å². The minimum absolute atomic E-state index is 0.228. The van der Waals surface area contributed by atoms with Gasteiger partial charge in [-0.1, -0.05) is 18.2 Å². The lowest BCUT2D eigenvalue weighted by Gasteiger charge is -2.26. The Hall–Kier alpha value is -2.38. The maximum Gasteiger partial charge on any atom is 0.191 e. The standard InChI is InChI=1S/C21H29FN4O2/c22-20-7-2-1-5-18(20)17-25-21(24-10-8-19-6-3-14-28-19)23-9-4-11-26-12-15-27-16-13-26/h1-3,5-7,14H,4,8-13,15-17H2,(H2,23,24,25). The highest BCUT2D eigenvalue weighted by Gasteiger charge is 2.09. The Morgan fingerprint density at radius 1 is 1.07 bits per heavy atom. The van der Waals surface area contributed by atoms with Crippen LogP contribution in [-0.4, -0.2) is 56.8 Å². The number of nitrogens with one attached hydrogen (secondary N) is 2. The molecule has 1 aliphatic heterocycles. The molecule has 0 atom stereocenters. The molecule has 28 heavy (non-hydrogen) atoms. The molecule has 7 heteroatoms. The van der Waals surface area contributed by atoms with Gasteiger partial charge in [-0.3, -0.25) is 4.90 Å². The summed E-state index contributed by atoms with van der Waals surface area (Å²) in [4.78, 5) is 6.96. The van der Waals surface area contributed by atoms with Crippen molar-refractivity contribution in [1.82, 2.24) is 15.5 Å². The zero-order chi connectivity index (χ0) is 19.4. The minimum atomic E-state index is -0.228. The molecule has 2 N–H and O–H groups in total. The molecule has 0 amide bonds. The Balaban J connectivity index is 1.47. The first-order chi connectivity index (χ1) is 13.8. The van der Waals surface area contributed by atoms with Gasteiger partial charge in [-0.05, 0) is 31.2 Å². The fraction of sp³-hybridized carbons (Fsp3) is 0.476. The maximum absolute atomic E-state index is 13.9. The van der Waals surface area contributed by atoms with Gasteiger partial charge in [-0.2, -0.15) is 0 Å². The number of aliphatic imine (C=N–C) groups is 1. The van der Waals surface area contributed by atoms with Gasteiger partial charge in [0.1, 0.15) is 11.6 Å². The predicted molar refractivity (Wildman–Crippen MR) is 108 cm³/mol. The van der Waals surface area contributed by atoms with Gasteiger partial charge < -0.3 is 19.8 Å². The normalized spacial score (nSPS) is 15.5. The fourth-order valence-corrected chi connectivity index (χ4v) is 3.06. The summed E-state index contributed by atoms with van der Waals surface area (Å²) in [7, 11) is 0. The molecule has 2 aromatic rings. The van der Waals surface area contributed by atoms with E-state index in [0.717, 1.165) is 58.0 Å². The van der Waals surface area contributed by atoms with E-state index in [1.165, 1.54) is 6.07 Å². The van der Waals surface area contributed by atoms with E-state index < -0.39 is 0 Å². The van der Waals surface area contributed by atoms with Gasteiger partial charge in [0.05, 0.1) is 26.0 Å². The van der Waals surface area contributed by atoms with Gasteiger partial charge >= 0.3 is 0 Å². The molecular formula is C21H29FN4O2. The number of furan rings is 1. The van der Waals surface area contributed by atoms with Crippen LogP contribution in [0.25, 0.3) is 0 Å². The lowest BCUT2D eigenvalue weighted by atomic mass is 10.2. The first kappa shape index (κ1) is 20.4. The molecule has 1 aromatic carbocycles. The van der Waals surface area contributed by atoms with Gasteiger partial charge in [0.2, 0.25) is 0 Å². The lowest BCUT2D eigenvalue weighted by molar-refractivity contribution is 0.0376. The third kappa shape index (κ3) is 6.98. The van der Waals surface area contributed by atoms with Gasteiger partial charge in [-0.15, -0.1) is 0 Å². The number of rotatable bonds is 9. The first-order valence-corrected chi connectivity index (χ1v) is 9.89. The summed E-state index contributed by atoms with van der Waals surface area (Å²) < 4.78 is 24.6. The van der Waals surface area contributed by atoms with E-state index in [0.29, 0.717) is 24.6 Å². The molecule has 1 saturated heterocycles. The molecule has 1 aromatic heterocycles. The number of benzene rings is 1. The minimum Gasteiger partial charge on any atom is -0.469 e. The smallest absolute Gasteiger partial charge is 0.191 e. The Morgan fingerprint density at radius 2 is 1.89 bits per heavy atom. The van der Waals surface area contributed by atoms with Gasteiger partial charge in [0.15, 0.2) is 5.96 Å². The van der Waals surface area contributed by atoms with Crippen LogP contribution in [0.5, 0.6) is 0 Å². The second-order valence-electron chi connectivity index (χ2n) is 6.75. The van der Waals surface area contributed by atoms with E-state index in [-0.39, 0.29) is 5.82 Å². The molecule has 1 aliphatic rings. The number of ether oxygens (including phenoxy) is 1. The average Bonchev–Trinajstić information content (AvgIpc) is 3.24. The Bertz CT molecular complexity index is 715. The number of hydrogen-bond acceptors (Lipinski definition) is 4. The number of morpholine rings is 1. The second kappa shape index (κ2) is 11.5. The molecule has 3 rings (SSSR count). The monoisotopic (exact) mass is 388 g/mol. The topological polar surface area (TPSA) is 62.0 Å². The average molecular weight is 388 g/mol. The highest BCUT2D eigenvalue weighted by Crippen LogP contribution is 2.07. The molecule has 0 bridgehead atoms. The van der Waals surface area contributed by atoms with Crippen molar-refractivity contribution in [2.45, 2.75) is 19.4 Å². The van der Waals surface area contributed by atoms with Crippen LogP contribution in [0.2, 0.25) is 0 Å². The largest absolute Gasteiger partial charge is 0.469 e. The Morgan fingerprint density at radius 3 is 2.68 bits per heavy atom. The Kier molecular flexibility index (Phi) is 8.33. The maximum atomic E-state index is 13.9. The molecule has 0 spiro atoms. The summed E-state index contributed by atoms with van der Waals surface area (Å²) in [6.07, 6.45) is 3.45. The molecule has 0 saturated carbocycles. The molecule has 0 radical (unpaired) electrons. The highest BCUT2D eigenvalue weighted by molar-refractivity contribution is 5.79. The zero-order valence-corrected chi connectivity index (χ0v) is 16.2. The van der Waals surface area contributed by atoms with Crippen LogP contribution in [-0.2, 0) is 17.7 Å². The molecule has 0 aliphatic carbocycles. The number of nitrogens with zero attached hydrogens (tertiary/aromatic N) is 2. The van der Waals surface area contributed by atoms with E-state index in [1.807, 2.05) is 18.2 Å². The van der Waals surface area contributed by atoms with E-state index in [1.54, 1.807) is 18.4 Å². The van der Waals surface area contributed by atoms with Crippen molar-refractivity contribution in [3.63, 3.8) is 0 Å². The van der Waals surface area contributed by atoms with Crippen LogP contribution in [0.15, 0.2) is 52.1 Å². The predicted octanol–water partition coefficient (Wildman–Crippen LogP) is 2.42. The van der Waals surface area contributed by atoms with Crippen molar-refractivity contribution in [2.24, 2.45) is 4.99 Å². The summed E-state index contributed by atoms with van der Waals surface area (Å²) in [6.45, 7) is 6.45. The summed E-state index contributed by atoms with van der Waals surface area (Å²) in [5.74, 6) is 1.39. The van der Waals surface area contributed by atoms with Crippen molar-refractivity contribution in [2.75, 3.05) is 45.9 Å². The van der Waals surface area contributed by atoms with Crippen molar-refractivity contribution in [3.05, 3.63) is 59.8 Å². The summed E-state index contributed by atoms with van der Waals surface area (Å²) in [5.41, 5.74) is 0.586. The SMILES string of the molecule is Fc1ccccc1CN=C(NCCCN1CCOCC1)NCCc1ccco1. The summed E-state index contributed by atoms with van der Waals surface area (Å²) >= 11 is 0. The molecule has 0 unspecified atom stereocenters. The third-order valence-electron chi connectivity index (χ3n) is 4.66. The van der Waals surface area contributed by atoms with E-state index in [4.69, 9.17) is 9.15 Å². The number of halogens is 1. The third-order valence-corrected chi connectivity index (χ3v) is 4.66. The summed E-state index contributed by atoms with van der Waals surface area (Å²) in [5, 5.41) is 6.67. The second-order valence-corrected chi connectivity index (χ2v) is 6.75. The molecule has 1 fully saturated rings. The van der Waals surface area contributed by atoms with Crippen LogP contribution in [0, 0.1) is 5.82 Å². The quantitative estimate of drug-likeness (QED) is 0.392. The van der Waals surface area contributed by atoms with Gasteiger partial charge in [-0.25, -0.2) is 9.38 Å².